The smallest absolute Gasteiger partial charge is 0.265 e. The van der Waals surface area contributed by atoms with Crippen molar-refractivity contribution in [3.8, 4) is 6.07 Å². The van der Waals surface area contributed by atoms with Gasteiger partial charge in [-0.05, 0) is 42.8 Å². The van der Waals surface area contributed by atoms with E-state index in [9.17, 15) is 10.1 Å². The van der Waals surface area contributed by atoms with Crippen LogP contribution < -0.4 is 16.1 Å². The van der Waals surface area contributed by atoms with Crippen LogP contribution in [0.5, 0.6) is 0 Å². The van der Waals surface area contributed by atoms with Crippen molar-refractivity contribution in [3.05, 3.63) is 79.7 Å². The molecule has 1 N–H and O–H groups in total. The highest BCUT2D eigenvalue weighted by Crippen LogP contribution is 2.18. The van der Waals surface area contributed by atoms with Crippen LogP contribution in [0.3, 0.4) is 0 Å². The molecule has 0 aliphatic heterocycles. The number of imidazole rings is 1. The number of benzene rings is 2. The molecule has 26 heavy (non-hydrogen) atoms. The summed E-state index contributed by atoms with van der Waals surface area (Å²) >= 11 is 3.42. The Kier molecular flexibility index (Phi) is 3.94. The minimum absolute atomic E-state index is 0.201. The lowest BCUT2D eigenvalue weighted by atomic mass is 10.1. The van der Waals surface area contributed by atoms with E-state index in [-0.39, 0.29) is 5.56 Å². The van der Waals surface area contributed by atoms with Crippen molar-refractivity contribution in [2.24, 2.45) is 0 Å². The van der Waals surface area contributed by atoms with Crippen LogP contribution >= 0.6 is 15.9 Å². The quantitative estimate of drug-likeness (QED) is 0.555. The summed E-state index contributed by atoms with van der Waals surface area (Å²) in [5.41, 5.74) is 3.44. The largest absolute Gasteiger partial charge is 0.361 e. The molecule has 0 aliphatic carbocycles. The van der Waals surface area contributed by atoms with Crippen molar-refractivity contribution in [1.29, 1.82) is 5.26 Å². The first-order valence-corrected chi connectivity index (χ1v) is 8.75. The molecule has 0 bridgehead atoms. The summed E-state index contributed by atoms with van der Waals surface area (Å²) < 4.78 is 2.44. The average Bonchev–Trinajstić information content (AvgIpc) is 3.01. The summed E-state index contributed by atoms with van der Waals surface area (Å²) in [4.78, 5) is 17.6. The Labute approximate surface area is 157 Å². The number of para-hydroxylation sites is 2. The van der Waals surface area contributed by atoms with Gasteiger partial charge in [-0.3, -0.25) is 9.20 Å². The Hall–Kier alpha value is -3.17. The number of nitrogens with one attached hydrogen (secondary N) is 1. The van der Waals surface area contributed by atoms with E-state index >= 15 is 0 Å². The molecule has 0 amide bonds. The fourth-order valence-electron chi connectivity index (χ4n) is 3.02. The fourth-order valence-corrected chi connectivity index (χ4v) is 3.42. The van der Waals surface area contributed by atoms with E-state index in [1.54, 1.807) is 13.1 Å². The van der Waals surface area contributed by atoms with Gasteiger partial charge in [0.1, 0.15) is 6.07 Å². The topological polar surface area (TPSA) is 70.2 Å². The van der Waals surface area contributed by atoms with E-state index in [0.717, 1.165) is 10.2 Å². The van der Waals surface area contributed by atoms with Crippen LogP contribution in [0.4, 0.5) is 5.69 Å². The first-order chi connectivity index (χ1) is 12.6. The van der Waals surface area contributed by atoms with Crippen LogP contribution in [0.2, 0.25) is 0 Å². The Balaban J connectivity index is 2.03. The minimum atomic E-state index is -0.201. The van der Waals surface area contributed by atoms with Gasteiger partial charge in [-0.15, -0.1) is 0 Å². The van der Waals surface area contributed by atoms with Crippen LogP contribution in [0.15, 0.2) is 57.8 Å². The maximum absolute atomic E-state index is 13.1. The second kappa shape index (κ2) is 6.28. The third-order valence-corrected chi connectivity index (χ3v) is 4.81. The van der Waals surface area contributed by atoms with Crippen molar-refractivity contribution in [2.75, 3.05) is 5.32 Å². The van der Waals surface area contributed by atoms with Gasteiger partial charge in [-0.2, -0.15) is 5.26 Å². The summed E-state index contributed by atoms with van der Waals surface area (Å²) in [6.07, 6.45) is 1.65. The number of fused-ring (bicyclic) bond motifs is 3. The number of anilines is 1. The van der Waals surface area contributed by atoms with Crippen LogP contribution in [-0.2, 0) is 0 Å². The normalized spacial score (nSPS) is 11.8. The number of aromatic nitrogens is 2. The molecule has 0 saturated carbocycles. The molecule has 0 saturated heterocycles. The number of hydrogen-bond donors (Lipinski definition) is 1. The zero-order valence-electron chi connectivity index (χ0n) is 13.8. The molecule has 2 aromatic carbocycles. The van der Waals surface area contributed by atoms with E-state index in [2.05, 4.69) is 32.3 Å². The average molecular weight is 405 g/mol. The lowest BCUT2D eigenvalue weighted by Gasteiger charge is -2.04. The molecule has 126 valence electrons. The maximum Gasteiger partial charge on any atom is 0.265 e. The van der Waals surface area contributed by atoms with Crippen molar-refractivity contribution in [3.63, 3.8) is 0 Å². The molecule has 4 aromatic rings. The molecule has 0 radical (unpaired) electrons. The number of nitrogens with zero attached hydrogens (tertiary/aromatic N) is 3. The maximum atomic E-state index is 13.1. The highest BCUT2D eigenvalue weighted by Gasteiger charge is 2.15. The molecule has 2 heterocycles. The first-order valence-electron chi connectivity index (χ1n) is 7.96. The molecule has 5 nitrogen and oxygen atoms in total. The standard InChI is InChI=1S/C20H13BrN4O/c1-12-15(10-22)19-24-17-7-2-3-8-18(17)25(19)20(26)16(12)11-23-14-6-4-5-13(21)9-14/h2-9,11,23H,1H3/b16-11+. The highest BCUT2D eigenvalue weighted by atomic mass is 79.9. The van der Waals surface area contributed by atoms with Gasteiger partial charge in [-0.25, -0.2) is 4.98 Å². The predicted octanol–water partition coefficient (Wildman–Crippen LogP) is 3.36. The van der Waals surface area contributed by atoms with E-state index in [4.69, 9.17) is 0 Å². The third-order valence-electron chi connectivity index (χ3n) is 4.32. The Bertz CT molecular complexity index is 1320. The Morgan fingerprint density at radius 1 is 1.23 bits per heavy atom. The molecular formula is C20H13BrN4O. The Morgan fingerprint density at radius 2 is 2.04 bits per heavy atom. The zero-order valence-corrected chi connectivity index (χ0v) is 15.4. The number of hydrogen-bond acceptors (Lipinski definition) is 4. The number of nitriles is 1. The SMILES string of the molecule is Cc1c(C#N)c2nc3ccccc3n2c(=O)/c1=C/Nc1cccc(Br)c1. The van der Waals surface area contributed by atoms with Gasteiger partial charge in [0.15, 0.2) is 5.65 Å². The van der Waals surface area contributed by atoms with E-state index in [1.807, 2.05) is 48.5 Å². The molecular weight excluding hydrogens is 392 g/mol. The van der Waals surface area contributed by atoms with Crippen molar-refractivity contribution in [1.82, 2.24) is 9.38 Å². The fraction of sp³-hybridized carbons (Fsp3) is 0.0500. The predicted molar refractivity (Wildman–Crippen MR) is 106 cm³/mol. The molecule has 0 atom stereocenters. The van der Waals surface area contributed by atoms with Crippen LogP contribution in [0.25, 0.3) is 22.9 Å². The summed E-state index contributed by atoms with van der Waals surface area (Å²) in [6.45, 7) is 1.77. The summed E-state index contributed by atoms with van der Waals surface area (Å²) in [5, 5.41) is 13.2. The zero-order chi connectivity index (χ0) is 18.3. The van der Waals surface area contributed by atoms with E-state index < -0.39 is 0 Å². The van der Waals surface area contributed by atoms with Gasteiger partial charge in [0.25, 0.3) is 5.56 Å². The van der Waals surface area contributed by atoms with Gasteiger partial charge in [-0.1, -0.05) is 34.1 Å². The molecule has 0 spiro atoms. The van der Waals surface area contributed by atoms with E-state index in [1.165, 1.54) is 4.40 Å². The van der Waals surface area contributed by atoms with Gasteiger partial charge in [0, 0.05) is 16.4 Å². The van der Waals surface area contributed by atoms with Crippen LogP contribution in [0, 0.1) is 18.3 Å². The van der Waals surface area contributed by atoms with Crippen LogP contribution in [-0.4, -0.2) is 9.38 Å². The van der Waals surface area contributed by atoms with Gasteiger partial charge in [0.2, 0.25) is 0 Å². The summed E-state index contributed by atoms with van der Waals surface area (Å²) in [6, 6.07) is 17.2. The lowest BCUT2D eigenvalue weighted by molar-refractivity contribution is 1.10. The molecule has 0 unspecified atom stereocenters. The lowest BCUT2D eigenvalue weighted by Crippen LogP contribution is -2.34. The Morgan fingerprint density at radius 3 is 2.81 bits per heavy atom. The van der Waals surface area contributed by atoms with Gasteiger partial charge < -0.3 is 5.32 Å². The molecule has 0 fully saturated rings. The monoisotopic (exact) mass is 404 g/mol. The minimum Gasteiger partial charge on any atom is -0.361 e. The molecule has 6 heteroatoms. The van der Waals surface area contributed by atoms with Gasteiger partial charge >= 0.3 is 0 Å². The molecule has 4 rings (SSSR count). The van der Waals surface area contributed by atoms with Crippen LogP contribution in [0.1, 0.15) is 11.1 Å². The highest BCUT2D eigenvalue weighted by molar-refractivity contribution is 9.10. The first kappa shape index (κ1) is 16.3. The van der Waals surface area contributed by atoms with Crippen molar-refractivity contribution < 1.29 is 0 Å². The van der Waals surface area contributed by atoms with Gasteiger partial charge in [0.05, 0.1) is 21.8 Å². The van der Waals surface area contributed by atoms with E-state index in [0.29, 0.717) is 33.0 Å². The second-order valence-electron chi connectivity index (χ2n) is 5.89. The summed E-state index contributed by atoms with van der Waals surface area (Å²) in [7, 11) is 0. The number of halogens is 1. The van der Waals surface area contributed by atoms with Crippen molar-refractivity contribution >= 4 is 44.5 Å². The molecule has 0 aliphatic rings. The molecule has 2 aromatic heterocycles. The summed E-state index contributed by atoms with van der Waals surface area (Å²) in [5.74, 6) is 0. The number of pyridine rings is 1. The number of rotatable bonds is 2. The third kappa shape index (κ3) is 2.54. The van der Waals surface area contributed by atoms with Crippen molar-refractivity contribution in [2.45, 2.75) is 6.92 Å². The second-order valence-corrected chi connectivity index (χ2v) is 6.80.